The van der Waals surface area contributed by atoms with Crippen LogP contribution >= 0.6 is 11.6 Å². The lowest BCUT2D eigenvalue weighted by Gasteiger charge is -2.17. The van der Waals surface area contributed by atoms with Crippen LogP contribution in [-0.4, -0.2) is 18.4 Å². The standard InChI is InChI=1S/C18H13ClF4N2O2/c19-15-6-3-12(8-14(15)18(21,22)23)24-17(27)10-7-16(26)25(9-10)13-4-1-11(20)2-5-13/h1-6,8,10H,7,9H2,(H,24,27)/t10-/m1/s1. The maximum absolute atomic E-state index is 13.0. The highest BCUT2D eigenvalue weighted by Gasteiger charge is 2.36. The Kier molecular flexibility index (Phi) is 5.10. The minimum absolute atomic E-state index is 0.0516. The smallest absolute Gasteiger partial charge is 0.326 e. The fraction of sp³-hybridized carbons (Fsp3) is 0.222. The summed E-state index contributed by atoms with van der Waals surface area (Å²) in [6.45, 7) is 0.0516. The van der Waals surface area contributed by atoms with Gasteiger partial charge in [0, 0.05) is 24.3 Å². The summed E-state index contributed by atoms with van der Waals surface area (Å²) >= 11 is 5.55. The van der Waals surface area contributed by atoms with Crippen molar-refractivity contribution in [1.82, 2.24) is 0 Å². The molecule has 1 aliphatic rings. The van der Waals surface area contributed by atoms with Crippen LogP contribution < -0.4 is 10.2 Å². The number of amides is 2. The molecular formula is C18H13ClF4N2O2. The monoisotopic (exact) mass is 400 g/mol. The molecule has 0 radical (unpaired) electrons. The van der Waals surface area contributed by atoms with Gasteiger partial charge in [-0.25, -0.2) is 4.39 Å². The highest BCUT2D eigenvalue weighted by molar-refractivity contribution is 6.31. The fourth-order valence-corrected chi connectivity index (χ4v) is 3.04. The van der Waals surface area contributed by atoms with Crippen LogP contribution in [0.3, 0.4) is 0 Å². The Morgan fingerprint density at radius 3 is 2.44 bits per heavy atom. The molecule has 1 atom stereocenters. The molecule has 0 spiro atoms. The normalized spacial score (nSPS) is 17.3. The molecule has 27 heavy (non-hydrogen) atoms. The molecule has 1 N–H and O–H groups in total. The van der Waals surface area contributed by atoms with Gasteiger partial charge in [0.25, 0.3) is 0 Å². The SMILES string of the molecule is O=C(Nc1ccc(Cl)c(C(F)(F)F)c1)[C@@H]1CC(=O)N(c2ccc(F)cc2)C1. The molecule has 2 amide bonds. The minimum atomic E-state index is -4.65. The third kappa shape index (κ3) is 4.21. The molecule has 3 rings (SSSR count). The van der Waals surface area contributed by atoms with Crippen LogP contribution in [0.25, 0.3) is 0 Å². The summed E-state index contributed by atoms with van der Waals surface area (Å²) in [7, 11) is 0. The molecule has 2 aromatic carbocycles. The third-order valence-electron chi connectivity index (χ3n) is 4.17. The molecule has 142 valence electrons. The average Bonchev–Trinajstić information content (AvgIpc) is 2.98. The number of nitrogens with one attached hydrogen (secondary N) is 1. The second-order valence-electron chi connectivity index (χ2n) is 6.06. The molecule has 0 unspecified atom stereocenters. The van der Waals surface area contributed by atoms with E-state index >= 15 is 0 Å². The summed E-state index contributed by atoms with van der Waals surface area (Å²) in [4.78, 5) is 25.9. The van der Waals surface area contributed by atoms with Gasteiger partial charge >= 0.3 is 6.18 Å². The van der Waals surface area contributed by atoms with Crippen molar-refractivity contribution >= 4 is 34.8 Å². The Balaban J connectivity index is 1.72. The quantitative estimate of drug-likeness (QED) is 0.772. The molecule has 1 saturated heterocycles. The van der Waals surface area contributed by atoms with Gasteiger partial charge in [-0.3, -0.25) is 9.59 Å². The Morgan fingerprint density at radius 2 is 1.81 bits per heavy atom. The number of alkyl halides is 3. The number of halogens is 5. The molecule has 4 nitrogen and oxygen atoms in total. The van der Waals surface area contributed by atoms with Gasteiger partial charge in [-0.05, 0) is 42.5 Å². The predicted molar refractivity (Wildman–Crippen MR) is 91.9 cm³/mol. The van der Waals surface area contributed by atoms with Gasteiger partial charge in [0.1, 0.15) is 5.82 Å². The first-order valence-corrected chi connectivity index (χ1v) is 8.26. The molecule has 0 saturated carbocycles. The van der Waals surface area contributed by atoms with E-state index in [1.807, 2.05) is 0 Å². The Hall–Kier alpha value is -2.61. The molecule has 2 aromatic rings. The lowest BCUT2D eigenvalue weighted by Crippen LogP contribution is -2.28. The van der Waals surface area contributed by atoms with E-state index in [9.17, 15) is 27.2 Å². The summed E-state index contributed by atoms with van der Waals surface area (Å²) in [6.07, 6.45) is -4.75. The second-order valence-corrected chi connectivity index (χ2v) is 6.47. The van der Waals surface area contributed by atoms with E-state index in [4.69, 9.17) is 11.6 Å². The van der Waals surface area contributed by atoms with E-state index in [1.54, 1.807) is 0 Å². The summed E-state index contributed by atoms with van der Waals surface area (Å²) < 4.78 is 51.7. The van der Waals surface area contributed by atoms with Gasteiger partial charge in [0.15, 0.2) is 0 Å². The van der Waals surface area contributed by atoms with Gasteiger partial charge < -0.3 is 10.2 Å². The lowest BCUT2D eigenvalue weighted by atomic mass is 10.1. The number of hydrogen-bond acceptors (Lipinski definition) is 2. The van der Waals surface area contributed by atoms with Crippen LogP contribution in [0.2, 0.25) is 5.02 Å². The molecule has 1 aliphatic heterocycles. The van der Waals surface area contributed by atoms with Crippen molar-refractivity contribution in [3.8, 4) is 0 Å². The van der Waals surface area contributed by atoms with E-state index in [0.29, 0.717) is 5.69 Å². The van der Waals surface area contributed by atoms with Crippen molar-refractivity contribution in [3.05, 3.63) is 58.9 Å². The highest BCUT2D eigenvalue weighted by atomic mass is 35.5. The van der Waals surface area contributed by atoms with Crippen LogP contribution in [0.15, 0.2) is 42.5 Å². The number of hydrogen-bond donors (Lipinski definition) is 1. The molecule has 1 heterocycles. The Bertz CT molecular complexity index is 884. The second kappa shape index (κ2) is 7.19. The lowest BCUT2D eigenvalue weighted by molar-refractivity contribution is -0.137. The van der Waals surface area contributed by atoms with Crippen LogP contribution in [0, 0.1) is 11.7 Å². The van der Waals surface area contributed by atoms with Crippen molar-refractivity contribution in [2.24, 2.45) is 5.92 Å². The van der Waals surface area contributed by atoms with E-state index in [0.717, 1.165) is 12.1 Å². The number of anilines is 2. The predicted octanol–water partition coefficient (Wildman–Crippen LogP) is 4.49. The van der Waals surface area contributed by atoms with Crippen LogP contribution in [0.1, 0.15) is 12.0 Å². The molecule has 0 bridgehead atoms. The first kappa shape index (κ1) is 19.2. The van der Waals surface area contributed by atoms with Gasteiger partial charge in [-0.15, -0.1) is 0 Å². The molecule has 0 aliphatic carbocycles. The zero-order chi connectivity index (χ0) is 19.8. The van der Waals surface area contributed by atoms with E-state index in [2.05, 4.69) is 5.32 Å². The van der Waals surface area contributed by atoms with Crippen molar-refractivity contribution in [2.75, 3.05) is 16.8 Å². The van der Waals surface area contributed by atoms with Gasteiger partial charge in [0.2, 0.25) is 11.8 Å². The Morgan fingerprint density at radius 1 is 1.15 bits per heavy atom. The van der Waals surface area contributed by atoms with E-state index in [1.165, 1.54) is 35.2 Å². The first-order valence-electron chi connectivity index (χ1n) is 7.88. The molecule has 1 fully saturated rings. The summed E-state index contributed by atoms with van der Waals surface area (Å²) in [5, 5.41) is 1.92. The average molecular weight is 401 g/mol. The largest absolute Gasteiger partial charge is 0.417 e. The number of benzene rings is 2. The van der Waals surface area contributed by atoms with Gasteiger partial charge in [0.05, 0.1) is 16.5 Å². The number of nitrogens with zero attached hydrogens (tertiary/aromatic N) is 1. The molecule has 0 aromatic heterocycles. The van der Waals surface area contributed by atoms with Crippen molar-refractivity contribution in [3.63, 3.8) is 0 Å². The van der Waals surface area contributed by atoms with Gasteiger partial charge in [-0.1, -0.05) is 11.6 Å². The maximum Gasteiger partial charge on any atom is 0.417 e. The van der Waals surface area contributed by atoms with Crippen LogP contribution in [0.4, 0.5) is 28.9 Å². The number of carbonyl (C=O) groups excluding carboxylic acids is 2. The Labute approximate surface area is 156 Å². The van der Waals surface area contributed by atoms with Gasteiger partial charge in [-0.2, -0.15) is 13.2 Å². The zero-order valence-corrected chi connectivity index (χ0v) is 14.4. The summed E-state index contributed by atoms with van der Waals surface area (Å²) in [6, 6.07) is 8.28. The molecule has 9 heteroatoms. The minimum Gasteiger partial charge on any atom is -0.326 e. The maximum atomic E-state index is 13.0. The zero-order valence-electron chi connectivity index (χ0n) is 13.7. The van der Waals surface area contributed by atoms with E-state index in [-0.39, 0.29) is 24.6 Å². The topological polar surface area (TPSA) is 49.4 Å². The number of rotatable bonds is 3. The van der Waals surface area contributed by atoms with Crippen molar-refractivity contribution < 1.29 is 27.2 Å². The van der Waals surface area contributed by atoms with Crippen molar-refractivity contribution in [2.45, 2.75) is 12.6 Å². The van der Waals surface area contributed by atoms with Crippen molar-refractivity contribution in [1.29, 1.82) is 0 Å². The van der Waals surface area contributed by atoms with Crippen LogP contribution in [-0.2, 0) is 15.8 Å². The first-order chi connectivity index (χ1) is 12.6. The fourth-order valence-electron chi connectivity index (χ4n) is 2.82. The van der Waals surface area contributed by atoms with E-state index < -0.39 is 34.4 Å². The van der Waals surface area contributed by atoms with Crippen LogP contribution in [0.5, 0.6) is 0 Å². The number of carbonyl (C=O) groups is 2. The summed E-state index contributed by atoms with van der Waals surface area (Å²) in [5.41, 5.74) is -0.677. The summed E-state index contributed by atoms with van der Waals surface area (Å²) in [5.74, 6) is -2.10. The molecular weight excluding hydrogens is 388 g/mol. The highest BCUT2D eigenvalue weighted by Crippen LogP contribution is 2.36. The third-order valence-corrected chi connectivity index (χ3v) is 4.50.